The van der Waals surface area contributed by atoms with Crippen molar-refractivity contribution >= 4 is 23.8 Å². The third kappa shape index (κ3) is 4.56. The first-order valence-electron chi connectivity index (χ1n) is 8.06. The van der Waals surface area contributed by atoms with Gasteiger partial charge in [-0.2, -0.15) is 0 Å². The standard InChI is InChI=1S/C16H22N2O6/c1-11(17-9-3-5-13(17)19)23-15(21)7-8-16(22)24-12(2)18-10-4-6-14(18)20/h7-8,11-12H,3-6,9-10H2,1-2H3/b8-7-. The molecule has 2 amide bonds. The monoisotopic (exact) mass is 338 g/mol. The molecule has 2 fully saturated rings. The molecule has 0 aliphatic carbocycles. The molecule has 2 aliphatic heterocycles. The fraction of sp³-hybridized carbons (Fsp3) is 0.625. The third-order valence-electron chi connectivity index (χ3n) is 4.03. The van der Waals surface area contributed by atoms with Gasteiger partial charge < -0.3 is 19.3 Å². The highest BCUT2D eigenvalue weighted by atomic mass is 16.6. The molecule has 0 aromatic rings. The zero-order valence-electron chi connectivity index (χ0n) is 13.9. The minimum absolute atomic E-state index is 0.0530. The van der Waals surface area contributed by atoms with Gasteiger partial charge in [0.05, 0.1) is 0 Å². The van der Waals surface area contributed by atoms with Gasteiger partial charge in [0.1, 0.15) is 0 Å². The minimum Gasteiger partial charge on any atom is -0.439 e. The fourth-order valence-corrected chi connectivity index (χ4v) is 2.79. The molecule has 0 aromatic heterocycles. The number of nitrogens with zero attached hydrogens (tertiary/aromatic N) is 2. The second kappa shape index (κ2) is 7.94. The van der Waals surface area contributed by atoms with E-state index in [0.717, 1.165) is 25.0 Å². The van der Waals surface area contributed by atoms with Crippen molar-refractivity contribution in [2.75, 3.05) is 13.1 Å². The van der Waals surface area contributed by atoms with E-state index in [1.807, 2.05) is 0 Å². The topological polar surface area (TPSA) is 93.2 Å². The number of carbonyl (C=O) groups excluding carboxylic acids is 4. The Kier molecular flexibility index (Phi) is 5.94. The van der Waals surface area contributed by atoms with Crippen LogP contribution in [0.1, 0.15) is 39.5 Å². The summed E-state index contributed by atoms with van der Waals surface area (Å²) in [6.07, 6.45) is 2.97. The molecule has 132 valence electrons. The predicted molar refractivity (Wildman–Crippen MR) is 82.1 cm³/mol. The Balaban J connectivity index is 1.77. The quantitative estimate of drug-likeness (QED) is 0.519. The number of amides is 2. The largest absolute Gasteiger partial charge is 0.439 e. The van der Waals surface area contributed by atoms with Gasteiger partial charge >= 0.3 is 11.9 Å². The van der Waals surface area contributed by atoms with E-state index in [2.05, 4.69) is 0 Å². The highest BCUT2D eigenvalue weighted by molar-refractivity contribution is 5.92. The normalized spacial score (nSPS) is 20.6. The second-order valence-electron chi connectivity index (χ2n) is 5.79. The van der Waals surface area contributed by atoms with Crippen LogP contribution in [0.4, 0.5) is 0 Å². The summed E-state index contributed by atoms with van der Waals surface area (Å²) in [4.78, 5) is 49.4. The Labute approximate surface area is 140 Å². The maximum absolute atomic E-state index is 11.7. The van der Waals surface area contributed by atoms with E-state index in [4.69, 9.17) is 9.47 Å². The fourth-order valence-electron chi connectivity index (χ4n) is 2.79. The Morgan fingerprint density at radius 1 is 0.875 bits per heavy atom. The van der Waals surface area contributed by atoms with E-state index in [9.17, 15) is 19.2 Å². The molecular formula is C16H22N2O6. The van der Waals surface area contributed by atoms with Gasteiger partial charge in [0, 0.05) is 38.1 Å². The Bertz CT molecular complexity index is 511. The number of carbonyl (C=O) groups is 4. The van der Waals surface area contributed by atoms with Crippen molar-refractivity contribution in [3.63, 3.8) is 0 Å². The van der Waals surface area contributed by atoms with Gasteiger partial charge in [-0.05, 0) is 26.7 Å². The maximum atomic E-state index is 11.7. The average molecular weight is 338 g/mol. The van der Waals surface area contributed by atoms with Crippen molar-refractivity contribution < 1.29 is 28.7 Å². The van der Waals surface area contributed by atoms with Gasteiger partial charge in [0.15, 0.2) is 12.5 Å². The SMILES string of the molecule is CC(OC(=O)/C=C\C(=O)OC(C)N1CCCC1=O)N1CCCC1=O. The smallest absolute Gasteiger partial charge is 0.332 e. The van der Waals surface area contributed by atoms with Gasteiger partial charge in [-0.15, -0.1) is 0 Å². The lowest BCUT2D eigenvalue weighted by atomic mass is 10.4. The van der Waals surface area contributed by atoms with Gasteiger partial charge in [-0.1, -0.05) is 0 Å². The van der Waals surface area contributed by atoms with Crippen molar-refractivity contribution in [1.82, 2.24) is 9.80 Å². The van der Waals surface area contributed by atoms with E-state index in [1.54, 1.807) is 13.8 Å². The molecule has 2 heterocycles. The molecule has 0 N–H and O–H groups in total. The summed E-state index contributed by atoms with van der Waals surface area (Å²) in [6, 6.07) is 0. The summed E-state index contributed by atoms with van der Waals surface area (Å²) in [5, 5.41) is 0. The van der Waals surface area contributed by atoms with Crippen LogP contribution in [-0.2, 0) is 28.7 Å². The van der Waals surface area contributed by atoms with E-state index >= 15 is 0 Å². The Hall–Kier alpha value is -2.38. The van der Waals surface area contributed by atoms with E-state index in [0.29, 0.717) is 25.9 Å². The maximum Gasteiger partial charge on any atom is 0.332 e. The van der Waals surface area contributed by atoms with Crippen LogP contribution >= 0.6 is 0 Å². The van der Waals surface area contributed by atoms with Gasteiger partial charge in [0.2, 0.25) is 11.8 Å². The molecular weight excluding hydrogens is 316 g/mol. The summed E-state index contributed by atoms with van der Waals surface area (Å²) in [5.74, 6) is -1.57. The van der Waals surface area contributed by atoms with Crippen molar-refractivity contribution in [3.05, 3.63) is 12.2 Å². The molecule has 8 nitrogen and oxygen atoms in total. The van der Waals surface area contributed by atoms with Crippen LogP contribution in [0.2, 0.25) is 0 Å². The molecule has 0 spiro atoms. The molecule has 2 rings (SSSR count). The second-order valence-corrected chi connectivity index (χ2v) is 5.79. The molecule has 0 saturated carbocycles. The Morgan fingerprint density at radius 3 is 1.54 bits per heavy atom. The summed E-state index contributed by atoms with van der Waals surface area (Å²) >= 11 is 0. The first kappa shape index (κ1) is 18.0. The predicted octanol–water partition coefficient (Wildman–Crippen LogP) is 0.566. The van der Waals surface area contributed by atoms with Crippen LogP contribution in [0, 0.1) is 0 Å². The molecule has 2 saturated heterocycles. The summed E-state index contributed by atoms with van der Waals surface area (Å²) in [7, 11) is 0. The van der Waals surface area contributed by atoms with E-state index in [1.165, 1.54) is 9.80 Å². The molecule has 24 heavy (non-hydrogen) atoms. The average Bonchev–Trinajstić information content (AvgIpc) is 3.13. The van der Waals surface area contributed by atoms with Crippen LogP contribution in [0.15, 0.2) is 12.2 Å². The number of ether oxygens (including phenoxy) is 2. The summed E-state index contributed by atoms with van der Waals surface area (Å²) in [6.45, 7) is 4.32. The van der Waals surface area contributed by atoms with E-state index < -0.39 is 24.4 Å². The highest BCUT2D eigenvalue weighted by Crippen LogP contribution is 2.15. The van der Waals surface area contributed by atoms with Crippen LogP contribution in [0.3, 0.4) is 0 Å². The minimum atomic E-state index is -0.732. The van der Waals surface area contributed by atoms with Crippen molar-refractivity contribution in [1.29, 1.82) is 0 Å². The van der Waals surface area contributed by atoms with Crippen LogP contribution in [-0.4, -0.2) is 59.1 Å². The number of hydrogen-bond donors (Lipinski definition) is 0. The summed E-state index contributed by atoms with van der Waals surface area (Å²) < 4.78 is 10.2. The van der Waals surface area contributed by atoms with Crippen molar-refractivity contribution in [2.24, 2.45) is 0 Å². The molecule has 0 radical (unpaired) electrons. The van der Waals surface area contributed by atoms with Gasteiger partial charge in [-0.25, -0.2) is 9.59 Å². The number of likely N-dealkylation sites (tertiary alicyclic amines) is 2. The first-order chi connectivity index (χ1) is 11.4. The molecule has 2 unspecified atom stereocenters. The lowest BCUT2D eigenvalue weighted by Crippen LogP contribution is -2.37. The lowest BCUT2D eigenvalue weighted by Gasteiger charge is -2.23. The van der Waals surface area contributed by atoms with Gasteiger partial charge in [-0.3, -0.25) is 9.59 Å². The van der Waals surface area contributed by atoms with Crippen molar-refractivity contribution in [2.45, 2.75) is 52.0 Å². The molecule has 0 bridgehead atoms. The number of rotatable bonds is 6. The molecule has 2 aliphatic rings. The number of esters is 2. The molecule has 2 atom stereocenters. The Morgan fingerprint density at radius 2 is 1.25 bits per heavy atom. The number of hydrogen-bond acceptors (Lipinski definition) is 6. The summed E-state index contributed by atoms with van der Waals surface area (Å²) in [5.41, 5.74) is 0. The highest BCUT2D eigenvalue weighted by Gasteiger charge is 2.28. The van der Waals surface area contributed by atoms with E-state index in [-0.39, 0.29) is 11.8 Å². The van der Waals surface area contributed by atoms with Crippen LogP contribution < -0.4 is 0 Å². The first-order valence-corrected chi connectivity index (χ1v) is 8.06. The lowest BCUT2D eigenvalue weighted by molar-refractivity contribution is -0.159. The zero-order valence-corrected chi connectivity index (χ0v) is 13.9. The van der Waals surface area contributed by atoms with Crippen LogP contribution in [0.25, 0.3) is 0 Å². The third-order valence-corrected chi connectivity index (χ3v) is 4.03. The van der Waals surface area contributed by atoms with Crippen LogP contribution in [0.5, 0.6) is 0 Å². The zero-order chi connectivity index (χ0) is 17.7. The molecule has 0 aromatic carbocycles. The molecule has 8 heteroatoms. The van der Waals surface area contributed by atoms with Gasteiger partial charge in [0.25, 0.3) is 0 Å². The van der Waals surface area contributed by atoms with Crippen molar-refractivity contribution in [3.8, 4) is 0 Å².